The molecule has 13 heteroatoms. The molecule has 0 saturated carbocycles. The number of allylic oxidation sites excluding steroid dienone is 4. The predicted molar refractivity (Wildman–Crippen MR) is 187 cm³/mol. The molecule has 7 rings (SSSR count). The van der Waals surface area contributed by atoms with Gasteiger partial charge in [-0.25, -0.2) is 4.68 Å². The predicted octanol–water partition coefficient (Wildman–Crippen LogP) is 7.55. The molecule has 2 aliphatic carbocycles. The van der Waals surface area contributed by atoms with Crippen LogP contribution in [0.1, 0.15) is 70.6 Å². The molecule has 0 spiro atoms. The summed E-state index contributed by atoms with van der Waals surface area (Å²) in [4.78, 5) is 52.2. The maximum absolute atomic E-state index is 14.2. The Kier molecular flexibility index (Phi) is 8.16. The third-order valence-electron chi connectivity index (χ3n) is 9.67. The Hall–Kier alpha value is -5.98. The number of nitrogens with zero attached hydrogens (tertiary/aromatic N) is 6. The van der Waals surface area contributed by atoms with E-state index in [2.05, 4.69) is 10.3 Å². The van der Waals surface area contributed by atoms with Crippen molar-refractivity contribution in [3.8, 4) is 11.4 Å². The molecule has 0 saturated heterocycles. The smallest absolute Gasteiger partial charge is 0.271 e. The monoisotopic (exact) mass is 688 g/mol. The first-order chi connectivity index (χ1) is 24.2. The zero-order valence-electron chi connectivity index (χ0n) is 28.7. The average Bonchev–Trinajstić information content (AvgIpc) is 3.55. The second-order valence-corrected chi connectivity index (χ2v) is 14.9. The van der Waals surface area contributed by atoms with Crippen LogP contribution >= 0.6 is 0 Å². The van der Waals surface area contributed by atoms with Gasteiger partial charge in [0.2, 0.25) is 0 Å². The number of carbonyl (C=O) groups is 2. The summed E-state index contributed by atoms with van der Waals surface area (Å²) in [6, 6.07) is 19.7. The Morgan fingerprint density at radius 2 is 1.35 bits per heavy atom. The second kappa shape index (κ2) is 12.4. The van der Waals surface area contributed by atoms with Crippen molar-refractivity contribution in [3.63, 3.8) is 0 Å². The van der Waals surface area contributed by atoms with Gasteiger partial charge in [0.05, 0.1) is 27.4 Å². The summed E-state index contributed by atoms with van der Waals surface area (Å²) in [6.45, 7) is 8.30. The highest BCUT2D eigenvalue weighted by atomic mass is 16.6. The maximum atomic E-state index is 14.2. The van der Waals surface area contributed by atoms with Crippen LogP contribution in [0.4, 0.5) is 17.1 Å². The van der Waals surface area contributed by atoms with Crippen molar-refractivity contribution >= 4 is 28.6 Å². The molecule has 3 aliphatic rings. The molecule has 2 heterocycles. The number of anilines is 1. The molecule has 1 aliphatic heterocycles. The van der Waals surface area contributed by atoms with E-state index in [1.54, 1.807) is 42.6 Å². The van der Waals surface area contributed by atoms with Gasteiger partial charge in [0.25, 0.3) is 11.4 Å². The van der Waals surface area contributed by atoms with Gasteiger partial charge in [-0.15, -0.1) is 5.10 Å². The van der Waals surface area contributed by atoms with Crippen molar-refractivity contribution in [3.05, 3.63) is 133 Å². The SMILES string of the molecule is CC1(C)CC(=O)C2=C(C1)N(c1cccc([N+](=O)[O-])c1)C1=C(C(=O)CC(C)(C)C1)C2c1ccc(OCc2cn(-c3ccc([N+](=O)[O-])cc3)nn2)cc1. The Morgan fingerprint density at radius 1 is 0.765 bits per heavy atom. The lowest BCUT2D eigenvalue weighted by atomic mass is 9.63. The summed E-state index contributed by atoms with van der Waals surface area (Å²) in [7, 11) is 0. The van der Waals surface area contributed by atoms with Crippen molar-refractivity contribution in [1.29, 1.82) is 0 Å². The van der Waals surface area contributed by atoms with Gasteiger partial charge in [-0.3, -0.25) is 29.8 Å². The van der Waals surface area contributed by atoms with Crippen LogP contribution in [0.5, 0.6) is 5.75 Å². The molecule has 1 aromatic heterocycles. The van der Waals surface area contributed by atoms with E-state index in [1.807, 2.05) is 44.7 Å². The number of ketones is 2. The van der Waals surface area contributed by atoms with E-state index < -0.39 is 15.8 Å². The molecule has 3 aromatic carbocycles. The standard InChI is InChI=1S/C38H36N6O7/c1-37(2)17-30-35(32(45)19-37)34(36-31(18-38(3,4)20-33(36)46)42(30)27-6-5-7-28(16-27)44(49)50)23-8-14-29(15-9-23)51-22-24-21-41(40-39-24)25-10-12-26(13-11-25)43(47)48/h5-16,21,34H,17-20,22H2,1-4H3. The molecule has 0 atom stereocenters. The highest BCUT2D eigenvalue weighted by molar-refractivity contribution is 6.08. The number of Topliss-reactive ketones (excluding diaryl/α,β-unsaturated/α-hetero) is 2. The first-order valence-electron chi connectivity index (χ1n) is 16.7. The fourth-order valence-electron chi connectivity index (χ4n) is 7.49. The molecule has 0 amide bonds. The van der Waals surface area contributed by atoms with Crippen LogP contribution in [0.3, 0.4) is 0 Å². The van der Waals surface area contributed by atoms with Gasteiger partial charge < -0.3 is 9.64 Å². The molecule has 0 unspecified atom stereocenters. The minimum absolute atomic E-state index is 0.0210. The first-order valence-corrected chi connectivity index (χ1v) is 16.7. The van der Waals surface area contributed by atoms with Crippen molar-refractivity contribution < 1.29 is 24.2 Å². The van der Waals surface area contributed by atoms with E-state index in [9.17, 15) is 29.8 Å². The van der Waals surface area contributed by atoms with E-state index >= 15 is 0 Å². The number of nitro benzene ring substituents is 2. The number of nitro groups is 2. The number of ether oxygens (including phenoxy) is 1. The molecule has 0 bridgehead atoms. The van der Waals surface area contributed by atoms with Gasteiger partial charge in [0, 0.05) is 65.6 Å². The third kappa shape index (κ3) is 6.42. The van der Waals surface area contributed by atoms with E-state index in [-0.39, 0.29) is 40.4 Å². The van der Waals surface area contributed by atoms with E-state index in [0.29, 0.717) is 59.6 Å². The normalized spacial score (nSPS) is 18.4. The number of carbonyl (C=O) groups excluding carboxylic acids is 2. The van der Waals surface area contributed by atoms with Crippen LogP contribution in [-0.2, 0) is 16.2 Å². The minimum Gasteiger partial charge on any atom is -0.487 e. The Balaban J connectivity index is 1.23. The third-order valence-corrected chi connectivity index (χ3v) is 9.67. The number of non-ortho nitro benzene ring substituents is 2. The molecule has 0 radical (unpaired) electrons. The number of benzene rings is 3. The molecular weight excluding hydrogens is 652 g/mol. The minimum atomic E-state index is -0.590. The Morgan fingerprint density at radius 3 is 1.92 bits per heavy atom. The quantitative estimate of drug-likeness (QED) is 0.133. The van der Waals surface area contributed by atoms with Gasteiger partial charge in [-0.05, 0) is 59.6 Å². The molecule has 0 fully saturated rings. The van der Waals surface area contributed by atoms with Gasteiger partial charge in [-0.1, -0.05) is 51.1 Å². The number of aromatic nitrogens is 3. The van der Waals surface area contributed by atoms with Crippen LogP contribution in [0.25, 0.3) is 5.69 Å². The van der Waals surface area contributed by atoms with Crippen molar-refractivity contribution in [2.24, 2.45) is 10.8 Å². The highest BCUT2D eigenvalue weighted by Gasteiger charge is 2.49. The summed E-state index contributed by atoms with van der Waals surface area (Å²) >= 11 is 0. The molecule has 4 aromatic rings. The summed E-state index contributed by atoms with van der Waals surface area (Å²) in [5.74, 6) is -0.120. The van der Waals surface area contributed by atoms with E-state index in [0.717, 1.165) is 17.0 Å². The second-order valence-electron chi connectivity index (χ2n) is 14.9. The van der Waals surface area contributed by atoms with Crippen LogP contribution in [-0.4, -0.2) is 36.4 Å². The van der Waals surface area contributed by atoms with Crippen LogP contribution in [0.2, 0.25) is 0 Å². The largest absolute Gasteiger partial charge is 0.487 e. The average molecular weight is 689 g/mol. The van der Waals surface area contributed by atoms with Crippen LogP contribution < -0.4 is 9.64 Å². The van der Waals surface area contributed by atoms with Gasteiger partial charge >= 0.3 is 0 Å². The molecule has 13 nitrogen and oxygen atoms in total. The van der Waals surface area contributed by atoms with E-state index in [4.69, 9.17) is 4.74 Å². The van der Waals surface area contributed by atoms with Gasteiger partial charge in [0.15, 0.2) is 11.6 Å². The summed E-state index contributed by atoms with van der Waals surface area (Å²) in [5.41, 5.74) is 4.38. The summed E-state index contributed by atoms with van der Waals surface area (Å²) < 4.78 is 7.53. The molecule has 0 N–H and O–H groups in total. The van der Waals surface area contributed by atoms with Gasteiger partial charge in [-0.2, -0.15) is 0 Å². The lowest BCUT2D eigenvalue weighted by Gasteiger charge is -2.49. The van der Waals surface area contributed by atoms with Crippen LogP contribution in [0.15, 0.2) is 102 Å². The van der Waals surface area contributed by atoms with Crippen molar-refractivity contribution in [1.82, 2.24) is 15.0 Å². The molecular formula is C38H36N6O7. The van der Waals surface area contributed by atoms with E-state index in [1.165, 1.54) is 28.9 Å². The summed E-state index contributed by atoms with van der Waals surface area (Å²) in [6.07, 6.45) is 3.42. The Bertz CT molecular complexity index is 2110. The number of hydrogen-bond acceptors (Lipinski definition) is 10. The Labute approximate surface area is 293 Å². The van der Waals surface area contributed by atoms with Gasteiger partial charge in [0.1, 0.15) is 18.1 Å². The zero-order valence-corrected chi connectivity index (χ0v) is 28.7. The number of hydrogen-bond donors (Lipinski definition) is 0. The zero-order chi connectivity index (χ0) is 36.2. The number of rotatable bonds is 8. The first kappa shape index (κ1) is 33.5. The lowest BCUT2D eigenvalue weighted by molar-refractivity contribution is -0.385. The van der Waals surface area contributed by atoms with Crippen molar-refractivity contribution in [2.45, 2.75) is 65.9 Å². The summed E-state index contributed by atoms with van der Waals surface area (Å²) in [5, 5.41) is 31.1. The molecule has 51 heavy (non-hydrogen) atoms. The highest BCUT2D eigenvalue weighted by Crippen LogP contribution is 2.55. The fourth-order valence-corrected chi connectivity index (χ4v) is 7.49. The van der Waals surface area contributed by atoms with Crippen LogP contribution in [0, 0.1) is 31.1 Å². The maximum Gasteiger partial charge on any atom is 0.271 e. The van der Waals surface area contributed by atoms with Crippen molar-refractivity contribution in [2.75, 3.05) is 4.90 Å². The lowest BCUT2D eigenvalue weighted by Crippen LogP contribution is -2.44. The topological polar surface area (TPSA) is 164 Å². The molecule has 260 valence electrons. The fraction of sp³-hybridized carbons (Fsp3) is 0.316.